The molecule has 3 aromatic carbocycles. The van der Waals surface area contributed by atoms with E-state index in [1.54, 1.807) is 48.5 Å². The van der Waals surface area contributed by atoms with Gasteiger partial charge < -0.3 is 15.4 Å². The molecule has 0 heterocycles. The number of esters is 1. The van der Waals surface area contributed by atoms with Crippen LogP contribution in [0.1, 0.15) is 33.5 Å². The van der Waals surface area contributed by atoms with Crippen LogP contribution in [-0.2, 0) is 17.1 Å². The monoisotopic (exact) mass is 436 g/mol. The summed E-state index contributed by atoms with van der Waals surface area (Å²) in [6.45, 7) is 0. The number of amidine groups is 1. The zero-order chi connectivity index (χ0) is 22.3. The van der Waals surface area contributed by atoms with Gasteiger partial charge in [-0.25, -0.2) is 4.79 Å². The number of nitrogen functional groups attached to an aromatic ring is 1. The lowest BCUT2D eigenvalue weighted by Crippen LogP contribution is -2.11. The summed E-state index contributed by atoms with van der Waals surface area (Å²) in [6, 6.07) is 22.8. The van der Waals surface area contributed by atoms with E-state index in [0.717, 1.165) is 12.0 Å². The number of aryl methyl sites for hydroxylation is 1. The molecule has 0 amide bonds. The Hall–Kier alpha value is -3.21. The number of hydrogen-bond donors (Lipinski definition) is 3. The van der Waals surface area contributed by atoms with Crippen molar-refractivity contribution in [2.75, 3.05) is 6.16 Å². The molecular weight excluding hydrogens is 411 g/mol. The predicted octanol–water partition coefficient (Wildman–Crippen LogP) is 4.59. The van der Waals surface area contributed by atoms with Gasteiger partial charge in [0.05, 0.1) is 5.56 Å². The second kappa shape index (κ2) is 10.2. The van der Waals surface area contributed by atoms with Crippen LogP contribution in [0.5, 0.6) is 5.75 Å². The van der Waals surface area contributed by atoms with Crippen molar-refractivity contribution < 1.29 is 19.0 Å². The minimum Gasteiger partial charge on any atom is -0.423 e. The number of nitrogens with one attached hydrogen (secondary N) is 1. The van der Waals surface area contributed by atoms with Crippen molar-refractivity contribution in [2.45, 2.75) is 19.0 Å². The summed E-state index contributed by atoms with van der Waals surface area (Å²) in [5.74, 6) is -0.246. The van der Waals surface area contributed by atoms with Gasteiger partial charge in [-0.2, -0.15) is 0 Å². The van der Waals surface area contributed by atoms with Gasteiger partial charge in [0, 0.05) is 17.9 Å². The number of ether oxygens (including phenoxy) is 1. The number of carbonyl (C=O) groups excluding carboxylic acids is 1. The molecule has 1 unspecified atom stereocenters. The first-order chi connectivity index (χ1) is 14.8. The summed E-state index contributed by atoms with van der Waals surface area (Å²) in [4.78, 5) is 22.6. The third-order valence-corrected chi connectivity index (χ3v) is 6.69. The molecule has 0 aliphatic carbocycles. The number of benzene rings is 3. The van der Waals surface area contributed by atoms with E-state index in [1.165, 1.54) is 0 Å². The molecule has 31 heavy (non-hydrogen) atoms. The molecule has 3 aromatic rings. The SMILES string of the molecule is N=C(N)c1ccc(OC(=O)c2ccc(CP(=O)(O)CCCc3ccccc3)cc2)cc1. The molecule has 0 aromatic heterocycles. The fourth-order valence-electron chi connectivity index (χ4n) is 3.15. The first-order valence-corrected chi connectivity index (χ1v) is 12.0. The second-order valence-electron chi connectivity index (χ2n) is 7.34. The van der Waals surface area contributed by atoms with Crippen molar-refractivity contribution in [2.24, 2.45) is 5.73 Å². The number of nitrogens with two attached hydrogens (primary N) is 1. The van der Waals surface area contributed by atoms with Crippen molar-refractivity contribution in [1.82, 2.24) is 0 Å². The molecule has 6 nitrogen and oxygen atoms in total. The lowest BCUT2D eigenvalue weighted by atomic mass is 10.1. The molecule has 0 saturated carbocycles. The van der Waals surface area contributed by atoms with Gasteiger partial charge >= 0.3 is 5.97 Å². The molecule has 0 fully saturated rings. The second-order valence-corrected chi connectivity index (χ2v) is 9.80. The Morgan fingerprint density at radius 2 is 1.52 bits per heavy atom. The van der Waals surface area contributed by atoms with Crippen LogP contribution in [-0.4, -0.2) is 22.9 Å². The van der Waals surface area contributed by atoms with Gasteiger partial charge in [-0.05, 0) is 60.4 Å². The van der Waals surface area contributed by atoms with Gasteiger partial charge in [0.15, 0.2) is 0 Å². The van der Waals surface area contributed by atoms with Crippen LogP contribution in [0.2, 0.25) is 0 Å². The maximum Gasteiger partial charge on any atom is 0.343 e. The maximum atomic E-state index is 12.5. The van der Waals surface area contributed by atoms with Gasteiger partial charge in [-0.1, -0.05) is 42.5 Å². The van der Waals surface area contributed by atoms with E-state index in [0.29, 0.717) is 28.9 Å². The number of hydrogen-bond acceptors (Lipinski definition) is 4. The van der Waals surface area contributed by atoms with Gasteiger partial charge in [0.25, 0.3) is 0 Å². The van der Waals surface area contributed by atoms with E-state index in [9.17, 15) is 14.3 Å². The quantitative estimate of drug-likeness (QED) is 0.149. The van der Waals surface area contributed by atoms with Gasteiger partial charge in [0.1, 0.15) is 11.6 Å². The van der Waals surface area contributed by atoms with Crippen molar-refractivity contribution in [1.29, 1.82) is 5.41 Å². The third-order valence-electron chi connectivity index (χ3n) is 4.81. The Kier molecular flexibility index (Phi) is 7.40. The van der Waals surface area contributed by atoms with E-state index >= 15 is 0 Å². The zero-order valence-corrected chi connectivity index (χ0v) is 17.9. The Labute approximate surface area is 181 Å². The molecule has 0 aliphatic heterocycles. The van der Waals surface area contributed by atoms with Crippen molar-refractivity contribution >= 4 is 19.2 Å². The highest BCUT2D eigenvalue weighted by Gasteiger charge is 2.19. The summed E-state index contributed by atoms with van der Waals surface area (Å²) < 4.78 is 17.9. The fourth-order valence-corrected chi connectivity index (χ4v) is 4.75. The molecule has 0 radical (unpaired) electrons. The minimum absolute atomic E-state index is 0.0605. The van der Waals surface area contributed by atoms with E-state index in [4.69, 9.17) is 15.9 Å². The van der Waals surface area contributed by atoms with E-state index in [1.807, 2.05) is 30.3 Å². The zero-order valence-electron chi connectivity index (χ0n) is 17.0. The summed E-state index contributed by atoms with van der Waals surface area (Å²) >= 11 is 0. The van der Waals surface area contributed by atoms with Gasteiger partial charge in [0.2, 0.25) is 7.37 Å². The summed E-state index contributed by atoms with van der Waals surface area (Å²) in [7, 11) is -3.30. The van der Waals surface area contributed by atoms with E-state index < -0.39 is 13.3 Å². The average Bonchev–Trinajstić information content (AvgIpc) is 2.75. The molecule has 0 aliphatic rings. The normalized spacial score (nSPS) is 12.7. The highest BCUT2D eigenvalue weighted by Crippen LogP contribution is 2.45. The topological polar surface area (TPSA) is 113 Å². The van der Waals surface area contributed by atoms with E-state index in [-0.39, 0.29) is 18.2 Å². The highest BCUT2D eigenvalue weighted by molar-refractivity contribution is 7.57. The predicted molar refractivity (Wildman–Crippen MR) is 122 cm³/mol. The Morgan fingerprint density at radius 3 is 2.13 bits per heavy atom. The van der Waals surface area contributed by atoms with Crippen LogP contribution in [0.25, 0.3) is 0 Å². The number of carbonyl (C=O) groups is 1. The first-order valence-electron chi connectivity index (χ1n) is 9.93. The smallest absolute Gasteiger partial charge is 0.343 e. The first kappa shape index (κ1) is 22.5. The van der Waals surface area contributed by atoms with Crippen LogP contribution >= 0.6 is 7.37 Å². The Balaban J connectivity index is 1.53. The molecule has 3 rings (SSSR count). The van der Waals surface area contributed by atoms with Crippen LogP contribution < -0.4 is 10.5 Å². The molecule has 0 bridgehead atoms. The average molecular weight is 436 g/mol. The van der Waals surface area contributed by atoms with Crippen LogP contribution in [0.3, 0.4) is 0 Å². The largest absolute Gasteiger partial charge is 0.423 e. The molecular formula is C24H25N2O4P. The lowest BCUT2D eigenvalue weighted by molar-refractivity contribution is 0.0734. The fraction of sp³-hybridized carbons (Fsp3) is 0.167. The molecule has 160 valence electrons. The standard InChI is InChI=1S/C24H25N2O4P/c25-23(26)20-12-14-22(15-13-20)30-24(27)21-10-8-19(9-11-21)17-31(28,29)16-4-7-18-5-2-1-3-6-18/h1-3,5-6,8-15H,4,7,16-17H2,(H3,25,26)(H,28,29). The van der Waals surface area contributed by atoms with Crippen molar-refractivity contribution in [3.05, 3.63) is 101 Å². The molecule has 0 spiro atoms. The summed E-state index contributed by atoms with van der Waals surface area (Å²) in [5.41, 5.74) is 8.15. The molecule has 7 heteroatoms. The minimum atomic E-state index is -3.30. The van der Waals surface area contributed by atoms with Crippen LogP contribution in [0.15, 0.2) is 78.9 Å². The Morgan fingerprint density at radius 1 is 0.903 bits per heavy atom. The Bertz CT molecular complexity index is 1080. The van der Waals surface area contributed by atoms with Gasteiger partial charge in [-0.3, -0.25) is 9.97 Å². The summed E-state index contributed by atoms with van der Waals surface area (Å²) in [5, 5.41) is 7.37. The van der Waals surface area contributed by atoms with Crippen LogP contribution in [0.4, 0.5) is 0 Å². The summed E-state index contributed by atoms with van der Waals surface area (Å²) in [6.07, 6.45) is 1.74. The third kappa shape index (κ3) is 6.92. The molecule has 1 atom stereocenters. The molecule has 0 saturated heterocycles. The van der Waals surface area contributed by atoms with E-state index in [2.05, 4.69) is 0 Å². The van der Waals surface area contributed by atoms with Crippen LogP contribution in [0, 0.1) is 5.41 Å². The van der Waals surface area contributed by atoms with Crippen molar-refractivity contribution in [3.63, 3.8) is 0 Å². The van der Waals surface area contributed by atoms with Gasteiger partial charge in [-0.15, -0.1) is 0 Å². The number of rotatable bonds is 9. The lowest BCUT2D eigenvalue weighted by Gasteiger charge is -2.12. The van der Waals surface area contributed by atoms with Crippen molar-refractivity contribution in [3.8, 4) is 5.75 Å². The highest BCUT2D eigenvalue weighted by atomic mass is 31.2. The molecule has 4 N–H and O–H groups in total. The maximum absolute atomic E-state index is 12.5.